The Bertz CT molecular complexity index is 1160. The zero-order chi connectivity index (χ0) is 19.3. The van der Waals surface area contributed by atoms with Gasteiger partial charge in [-0.3, -0.25) is 0 Å². The highest BCUT2D eigenvalue weighted by molar-refractivity contribution is 7.19. The van der Waals surface area contributed by atoms with E-state index < -0.39 is 0 Å². The van der Waals surface area contributed by atoms with E-state index in [-0.39, 0.29) is 12.2 Å². The number of rotatable bonds is 4. The normalized spacial score (nSPS) is 15.7. The molecule has 0 radical (unpaired) electrons. The van der Waals surface area contributed by atoms with Gasteiger partial charge in [-0.1, -0.05) is 0 Å². The summed E-state index contributed by atoms with van der Waals surface area (Å²) in [6.45, 7) is 5.14. The average molecular weight is 396 g/mol. The molecule has 0 saturated heterocycles. The van der Waals surface area contributed by atoms with E-state index in [1.807, 2.05) is 24.3 Å². The molecule has 0 atom stereocenters. The van der Waals surface area contributed by atoms with Gasteiger partial charge in [0.1, 0.15) is 29.3 Å². The lowest BCUT2D eigenvalue weighted by atomic mass is 9.94. The van der Waals surface area contributed by atoms with E-state index in [1.54, 1.807) is 29.3 Å². The maximum absolute atomic E-state index is 5.95. The first-order valence-electron chi connectivity index (χ1n) is 9.08. The van der Waals surface area contributed by atoms with Crippen molar-refractivity contribution >= 4 is 27.2 Å². The Hall–Kier alpha value is -2.71. The Labute approximate surface area is 165 Å². The molecule has 0 saturated carbocycles. The second-order valence-corrected chi connectivity index (χ2v) is 8.50. The molecule has 0 spiro atoms. The van der Waals surface area contributed by atoms with Crippen LogP contribution in [0.3, 0.4) is 0 Å². The van der Waals surface area contributed by atoms with Gasteiger partial charge in [0.2, 0.25) is 0 Å². The van der Waals surface area contributed by atoms with Gasteiger partial charge < -0.3 is 14.2 Å². The van der Waals surface area contributed by atoms with Crippen LogP contribution < -0.4 is 9.47 Å². The molecule has 4 heterocycles. The highest BCUT2D eigenvalue weighted by Crippen LogP contribution is 2.39. The smallest absolute Gasteiger partial charge is 0.189 e. The number of hydrogen-bond donors (Lipinski definition) is 0. The van der Waals surface area contributed by atoms with E-state index >= 15 is 0 Å². The van der Waals surface area contributed by atoms with Gasteiger partial charge in [-0.2, -0.15) is 0 Å². The molecular formula is C20H20N4O3S. The molecule has 0 aliphatic carbocycles. The second kappa shape index (κ2) is 6.42. The topological polar surface area (TPSA) is 70.8 Å². The number of methoxy groups -OCH3 is 1. The summed E-state index contributed by atoms with van der Waals surface area (Å²) in [5.41, 5.74) is 1.92. The summed E-state index contributed by atoms with van der Waals surface area (Å²) in [6.07, 6.45) is 2.56. The lowest BCUT2D eigenvalue weighted by Gasteiger charge is -2.30. The summed E-state index contributed by atoms with van der Waals surface area (Å²) < 4.78 is 18.7. The van der Waals surface area contributed by atoms with E-state index in [9.17, 15) is 0 Å². The molecule has 0 N–H and O–H groups in total. The van der Waals surface area contributed by atoms with Gasteiger partial charge in [0.05, 0.1) is 24.7 Å². The second-order valence-electron chi connectivity index (χ2n) is 7.41. The van der Waals surface area contributed by atoms with Crippen molar-refractivity contribution < 1.29 is 14.2 Å². The number of nitrogens with zero attached hydrogens (tertiary/aromatic N) is 4. The standard InChI is InChI=1S/C20H20N4O3S/c1-20(2)8-14-15(9-27-20)28-19-17(14)18-22-16(23-24(18)11-21-19)10-26-13-6-4-12(25-3)5-7-13/h4-7,11H,8-10H2,1-3H3. The van der Waals surface area contributed by atoms with Crippen LogP contribution in [0.15, 0.2) is 30.6 Å². The first kappa shape index (κ1) is 17.4. The Morgan fingerprint density at radius 3 is 2.79 bits per heavy atom. The summed E-state index contributed by atoms with van der Waals surface area (Å²) in [7, 11) is 1.64. The molecule has 0 unspecified atom stereocenters. The summed E-state index contributed by atoms with van der Waals surface area (Å²) in [6, 6.07) is 7.46. The van der Waals surface area contributed by atoms with Crippen molar-refractivity contribution in [1.82, 2.24) is 19.6 Å². The minimum absolute atomic E-state index is 0.186. The van der Waals surface area contributed by atoms with E-state index in [2.05, 4.69) is 23.9 Å². The molecule has 7 nitrogen and oxygen atoms in total. The van der Waals surface area contributed by atoms with Crippen LogP contribution in [0.2, 0.25) is 0 Å². The first-order valence-corrected chi connectivity index (χ1v) is 9.89. The SMILES string of the molecule is COc1ccc(OCc2nc3c4c5c(sc4ncn3n2)COC(C)(C)C5)cc1. The van der Waals surface area contributed by atoms with E-state index in [1.165, 1.54) is 10.4 Å². The van der Waals surface area contributed by atoms with Crippen LogP contribution in [0.5, 0.6) is 11.5 Å². The fourth-order valence-corrected chi connectivity index (χ4v) is 4.53. The lowest BCUT2D eigenvalue weighted by Crippen LogP contribution is -2.31. The first-order chi connectivity index (χ1) is 13.5. The Morgan fingerprint density at radius 2 is 2.00 bits per heavy atom. The molecule has 0 fully saturated rings. The Kier molecular flexibility index (Phi) is 3.99. The van der Waals surface area contributed by atoms with Gasteiger partial charge in [-0.15, -0.1) is 16.4 Å². The third-order valence-corrected chi connectivity index (χ3v) is 5.99. The van der Waals surface area contributed by atoms with Gasteiger partial charge in [0.15, 0.2) is 11.5 Å². The minimum atomic E-state index is -0.186. The zero-order valence-corrected chi connectivity index (χ0v) is 16.7. The largest absolute Gasteiger partial charge is 0.497 e. The number of ether oxygens (including phenoxy) is 3. The van der Waals surface area contributed by atoms with Crippen LogP contribution in [0, 0.1) is 0 Å². The maximum atomic E-state index is 5.95. The minimum Gasteiger partial charge on any atom is -0.497 e. The van der Waals surface area contributed by atoms with Gasteiger partial charge in [-0.05, 0) is 43.7 Å². The fraction of sp³-hybridized carbons (Fsp3) is 0.350. The monoisotopic (exact) mass is 396 g/mol. The lowest BCUT2D eigenvalue weighted by molar-refractivity contribution is -0.0379. The highest BCUT2D eigenvalue weighted by Gasteiger charge is 2.30. The van der Waals surface area contributed by atoms with Crippen molar-refractivity contribution in [3.63, 3.8) is 0 Å². The number of fused-ring (bicyclic) bond motifs is 5. The molecule has 0 amide bonds. The fourth-order valence-electron chi connectivity index (χ4n) is 3.47. The van der Waals surface area contributed by atoms with Crippen molar-refractivity contribution in [3.8, 4) is 11.5 Å². The van der Waals surface area contributed by atoms with Crippen molar-refractivity contribution in [2.45, 2.75) is 39.1 Å². The molecule has 4 aromatic rings. The Morgan fingerprint density at radius 1 is 1.21 bits per heavy atom. The Balaban J connectivity index is 1.48. The number of hydrogen-bond acceptors (Lipinski definition) is 7. The van der Waals surface area contributed by atoms with Crippen LogP contribution >= 0.6 is 11.3 Å². The van der Waals surface area contributed by atoms with Gasteiger partial charge in [-0.25, -0.2) is 14.5 Å². The molecule has 8 heteroatoms. The molecular weight excluding hydrogens is 376 g/mol. The average Bonchev–Trinajstić information content (AvgIpc) is 3.26. The van der Waals surface area contributed by atoms with E-state index in [0.29, 0.717) is 12.4 Å². The van der Waals surface area contributed by atoms with Gasteiger partial charge in [0, 0.05) is 11.3 Å². The molecule has 1 aliphatic rings. The number of aromatic nitrogens is 4. The zero-order valence-electron chi connectivity index (χ0n) is 15.9. The summed E-state index contributed by atoms with van der Waals surface area (Å²) in [5, 5.41) is 5.63. The third kappa shape index (κ3) is 2.98. The quantitative estimate of drug-likeness (QED) is 0.523. The molecule has 144 valence electrons. The maximum Gasteiger partial charge on any atom is 0.189 e. The van der Waals surface area contributed by atoms with Gasteiger partial charge in [0.25, 0.3) is 0 Å². The number of benzene rings is 1. The highest BCUT2D eigenvalue weighted by atomic mass is 32.1. The summed E-state index contributed by atoms with van der Waals surface area (Å²) in [4.78, 5) is 11.5. The predicted octanol–water partition coefficient (Wildman–Crippen LogP) is 3.78. The molecule has 28 heavy (non-hydrogen) atoms. The van der Waals surface area contributed by atoms with Crippen molar-refractivity contribution in [3.05, 3.63) is 46.9 Å². The molecule has 0 bridgehead atoms. The molecule has 1 aliphatic heterocycles. The molecule has 5 rings (SSSR count). The van der Waals surface area contributed by atoms with Crippen molar-refractivity contribution in [2.24, 2.45) is 0 Å². The van der Waals surface area contributed by atoms with Crippen LogP contribution in [0.4, 0.5) is 0 Å². The van der Waals surface area contributed by atoms with E-state index in [0.717, 1.165) is 33.8 Å². The van der Waals surface area contributed by atoms with E-state index in [4.69, 9.17) is 19.2 Å². The molecule has 1 aromatic carbocycles. The van der Waals surface area contributed by atoms with Crippen LogP contribution in [0.25, 0.3) is 15.9 Å². The molecule has 3 aromatic heterocycles. The van der Waals surface area contributed by atoms with Crippen LogP contribution in [-0.4, -0.2) is 32.3 Å². The third-order valence-electron chi connectivity index (χ3n) is 4.88. The van der Waals surface area contributed by atoms with Crippen LogP contribution in [0.1, 0.15) is 30.1 Å². The summed E-state index contributed by atoms with van der Waals surface area (Å²) in [5.74, 6) is 2.16. The van der Waals surface area contributed by atoms with Crippen molar-refractivity contribution in [1.29, 1.82) is 0 Å². The number of thiophene rings is 1. The van der Waals surface area contributed by atoms with Crippen LogP contribution in [-0.2, 0) is 24.4 Å². The van der Waals surface area contributed by atoms with Crippen molar-refractivity contribution in [2.75, 3.05) is 7.11 Å². The van der Waals surface area contributed by atoms with Gasteiger partial charge >= 0.3 is 0 Å². The summed E-state index contributed by atoms with van der Waals surface area (Å²) >= 11 is 1.68. The predicted molar refractivity (Wildman–Crippen MR) is 106 cm³/mol.